The van der Waals surface area contributed by atoms with Gasteiger partial charge in [0.25, 0.3) is 0 Å². The molecule has 2 saturated heterocycles. The number of carbonyl (C=O) groups excluding carboxylic acids is 1. The number of likely N-dealkylation sites (tertiary alicyclic amines) is 1. The minimum atomic E-state index is -3.65. The van der Waals surface area contributed by atoms with Crippen LogP contribution in [0.4, 0.5) is 0 Å². The van der Waals surface area contributed by atoms with Gasteiger partial charge < -0.3 is 9.42 Å². The van der Waals surface area contributed by atoms with Crippen molar-refractivity contribution in [1.82, 2.24) is 14.4 Å². The average Bonchev–Trinajstić information content (AvgIpc) is 3.15. The van der Waals surface area contributed by atoms with Crippen molar-refractivity contribution in [2.75, 3.05) is 26.2 Å². The van der Waals surface area contributed by atoms with Crippen LogP contribution >= 0.6 is 0 Å². The van der Waals surface area contributed by atoms with Gasteiger partial charge in [0.05, 0.1) is 11.6 Å². The van der Waals surface area contributed by atoms with E-state index in [4.69, 9.17) is 4.52 Å². The van der Waals surface area contributed by atoms with Crippen LogP contribution in [-0.4, -0.2) is 54.9 Å². The Morgan fingerprint density at radius 2 is 2.08 bits per heavy atom. The fraction of sp³-hybridized carbons (Fsp3) is 0.765. The van der Waals surface area contributed by atoms with Gasteiger partial charge in [0.2, 0.25) is 15.9 Å². The predicted octanol–water partition coefficient (Wildman–Crippen LogP) is 1.79. The molecule has 1 amide bonds. The Balaban J connectivity index is 1.52. The Hall–Kier alpha value is -1.41. The first-order valence-electron chi connectivity index (χ1n) is 9.13. The van der Waals surface area contributed by atoms with Gasteiger partial charge in [0, 0.05) is 26.2 Å². The van der Waals surface area contributed by atoms with Gasteiger partial charge in [-0.25, -0.2) is 8.42 Å². The number of hydrogen-bond donors (Lipinski definition) is 0. The van der Waals surface area contributed by atoms with E-state index in [2.05, 4.69) is 5.16 Å². The molecule has 0 N–H and O–H groups in total. The van der Waals surface area contributed by atoms with Crippen LogP contribution in [-0.2, 0) is 14.8 Å². The van der Waals surface area contributed by atoms with E-state index in [-0.39, 0.29) is 17.3 Å². The Labute approximate surface area is 148 Å². The quantitative estimate of drug-likeness (QED) is 0.810. The van der Waals surface area contributed by atoms with Crippen molar-refractivity contribution in [3.8, 4) is 0 Å². The van der Waals surface area contributed by atoms with Crippen LogP contribution in [0, 0.1) is 18.3 Å². The molecule has 7 nitrogen and oxygen atoms in total. The normalized spacial score (nSPS) is 28.7. The molecule has 1 aromatic rings. The van der Waals surface area contributed by atoms with Crippen molar-refractivity contribution >= 4 is 15.9 Å². The average molecular weight is 367 g/mol. The van der Waals surface area contributed by atoms with E-state index in [0.29, 0.717) is 24.6 Å². The first-order valence-corrected chi connectivity index (χ1v) is 10.6. The summed E-state index contributed by atoms with van der Waals surface area (Å²) in [7, 11) is -3.65. The molecule has 2 aliphatic heterocycles. The lowest BCUT2D eigenvalue weighted by atomic mass is 9.77. The molecule has 1 aliphatic carbocycles. The molecule has 1 saturated carbocycles. The lowest BCUT2D eigenvalue weighted by Crippen LogP contribution is -2.52. The maximum Gasteiger partial charge on any atom is 0.248 e. The molecule has 25 heavy (non-hydrogen) atoms. The van der Waals surface area contributed by atoms with Crippen LogP contribution in [0.5, 0.6) is 0 Å². The highest BCUT2D eigenvalue weighted by Gasteiger charge is 2.51. The summed E-state index contributed by atoms with van der Waals surface area (Å²) < 4.78 is 32.1. The summed E-state index contributed by atoms with van der Waals surface area (Å²) in [4.78, 5) is 15.2. The summed E-state index contributed by atoms with van der Waals surface area (Å²) in [6, 6.07) is 0. The number of sulfonamides is 1. The third kappa shape index (κ3) is 2.79. The molecule has 1 unspecified atom stereocenters. The first kappa shape index (κ1) is 17.0. The van der Waals surface area contributed by atoms with E-state index >= 15 is 0 Å². The number of carbonyl (C=O) groups is 1. The van der Waals surface area contributed by atoms with E-state index in [1.807, 2.05) is 4.90 Å². The van der Waals surface area contributed by atoms with Gasteiger partial charge in [-0.05, 0) is 44.9 Å². The highest BCUT2D eigenvalue weighted by molar-refractivity contribution is 7.89. The van der Waals surface area contributed by atoms with Gasteiger partial charge in [0.15, 0.2) is 5.76 Å². The Kier molecular flexibility index (Phi) is 4.15. The van der Waals surface area contributed by atoms with Gasteiger partial charge in [0.1, 0.15) is 4.90 Å². The molecule has 0 radical (unpaired) electrons. The van der Waals surface area contributed by atoms with E-state index < -0.39 is 15.4 Å². The minimum absolute atomic E-state index is 0.110. The van der Waals surface area contributed by atoms with Crippen LogP contribution in [0.2, 0.25) is 0 Å². The third-order valence-electron chi connectivity index (χ3n) is 6.17. The van der Waals surface area contributed by atoms with Gasteiger partial charge in [-0.3, -0.25) is 4.79 Å². The molecule has 1 atom stereocenters. The molecule has 1 aromatic heterocycles. The molecule has 0 bridgehead atoms. The first-order chi connectivity index (χ1) is 11.9. The lowest BCUT2D eigenvalue weighted by Gasteiger charge is -2.42. The van der Waals surface area contributed by atoms with Crippen LogP contribution in [0.25, 0.3) is 0 Å². The summed E-state index contributed by atoms with van der Waals surface area (Å²) in [6.07, 6.45) is 7.29. The van der Waals surface area contributed by atoms with Gasteiger partial charge >= 0.3 is 0 Å². The third-order valence-corrected chi connectivity index (χ3v) is 8.11. The fourth-order valence-corrected chi connectivity index (χ4v) is 6.01. The number of aromatic nitrogens is 1. The van der Waals surface area contributed by atoms with E-state index in [1.54, 1.807) is 6.92 Å². The standard InChI is InChI=1S/C17H25N3O4S/c1-13-15(10-18-24-13)25(22,23)20-9-7-17(12-20)6-3-8-19(16(17)21)11-14-4-2-5-14/h10,14H,2-9,11-12H2,1H3. The van der Waals surface area contributed by atoms with Crippen molar-refractivity contribution in [2.45, 2.75) is 50.3 Å². The van der Waals surface area contributed by atoms with E-state index in [9.17, 15) is 13.2 Å². The second-order valence-corrected chi connectivity index (χ2v) is 9.67. The summed E-state index contributed by atoms with van der Waals surface area (Å²) >= 11 is 0. The van der Waals surface area contributed by atoms with Crippen LogP contribution < -0.4 is 0 Å². The summed E-state index contributed by atoms with van der Waals surface area (Å²) in [6.45, 7) is 3.92. The molecule has 4 rings (SSSR count). The van der Waals surface area contributed by atoms with Crippen molar-refractivity contribution in [1.29, 1.82) is 0 Å². The zero-order valence-electron chi connectivity index (χ0n) is 14.6. The molecule has 3 heterocycles. The van der Waals surface area contributed by atoms with Crippen LogP contribution in [0.3, 0.4) is 0 Å². The Morgan fingerprint density at radius 1 is 1.28 bits per heavy atom. The summed E-state index contributed by atoms with van der Waals surface area (Å²) in [5, 5.41) is 3.58. The smallest absolute Gasteiger partial charge is 0.248 e. The molecule has 8 heteroatoms. The maximum absolute atomic E-state index is 13.1. The number of hydrogen-bond acceptors (Lipinski definition) is 5. The van der Waals surface area contributed by atoms with E-state index in [0.717, 1.165) is 25.9 Å². The van der Waals surface area contributed by atoms with Gasteiger partial charge in [-0.15, -0.1) is 0 Å². The molecule has 3 aliphatic rings. The highest BCUT2D eigenvalue weighted by Crippen LogP contribution is 2.43. The SMILES string of the molecule is Cc1oncc1S(=O)(=O)N1CCC2(CCCN(CC3CCC3)C2=O)C1. The molecule has 138 valence electrons. The largest absolute Gasteiger partial charge is 0.360 e. The summed E-state index contributed by atoms with van der Waals surface area (Å²) in [5.41, 5.74) is -0.542. The maximum atomic E-state index is 13.1. The number of aryl methyl sites for hydroxylation is 1. The number of rotatable bonds is 4. The van der Waals surface area contributed by atoms with Crippen molar-refractivity contribution < 1.29 is 17.7 Å². The van der Waals surface area contributed by atoms with Crippen molar-refractivity contribution in [3.63, 3.8) is 0 Å². The van der Waals surface area contributed by atoms with Gasteiger partial charge in [-0.1, -0.05) is 11.6 Å². The summed E-state index contributed by atoms with van der Waals surface area (Å²) in [5.74, 6) is 1.09. The van der Waals surface area contributed by atoms with Crippen molar-refractivity contribution in [3.05, 3.63) is 12.0 Å². The minimum Gasteiger partial charge on any atom is -0.360 e. The van der Waals surface area contributed by atoms with Crippen LogP contribution in [0.1, 0.15) is 44.3 Å². The molecule has 0 aromatic carbocycles. The zero-order chi connectivity index (χ0) is 17.7. The number of nitrogens with zero attached hydrogens (tertiary/aromatic N) is 3. The second kappa shape index (κ2) is 6.09. The van der Waals surface area contributed by atoms with Gasteiger partial charge in [-0.2, -0.15) is 4.31 Å². The number of piperidine rings is 1. The topological polar surface area (TPSA) is 83.7 Å². The second-order valence-electron chi connectivity index (χ2n) is 7.77. The monoisotopic (exact) mass is 367 g/mol. The van der Waals surface area contributed by atoms with Crippen LogP contribution in [0.15, 0.2) is 15.6 Å². The molecular formula is C17H25N3O4S. The Bertz CT molecular complexity index is 771. The fourth-order valence-electron chi connectivity index (χ4n) is 4.41. The number of amides is 1. The highest BCUT2D eigenvalue weighted by atomic mass is 32.2. The molecular weight excluding hydrogens is 342 g/mol. The van der Waals surface area contributed by atoms with E-state index in [1.165, 1.54) is 29.8 Å². The molecule has 1 spiro atoms. The lowest BCUT2D eigenvalue weighted by molar-refractivity contribution is -0.146. The zero-order valence-corrected chi connectivity index (χ0v) is 15.4. The predicted molar refractivity (Wildman–Crippen MR) is 90.2 cm³/mol. The molecule has 3 fully saturated rings. The Morgan fingerprint density at radius 3 is 2.72 bits per heavy atom. The van der Waals surface area contributed by atoms with Crippen molar-refractivity contribution in [2.24, 2.45) is 11.3 Å².